The van der Waals surface area contributed by atoms with Gasteiger partial charge >= 0.3 is 0 Å². The summed E-state index contributed by atoms with van der Waals surface area (Å²) in [4.78, 5) is 26.4. The average Bonchev–Trinajstić information content (AvgIpc) is 2.76. The van der Waals surface area contributed by atoms with Crippen LogP contribution >= 0.6 is 11.6 Å². The number of carbonyl (C=O) groups is 2. The Bertz CT molecular complexity index is 592. The number of benzene rings is 1. The molecule has 0 aliphatic rings. The minimum absolute atomic E-state index is 0.0137. The zero-order valence-electron chi connectivity index (χ0n) is 9.09. The predicted molar refractivity (Wildman–Crippen MR) is 62.1 cm³/mol. The lowest BCUT2D eigenvalue weighted by atomic mass is 10.1. The third kappa shape index (κ3) is 2.72. The van der Waals surface area contributed by atoms with Crippen molar-refractivity contribution in [3.63, 3.8) is 0 Å². The number of halogens is 1. The first-order chi connectivity index (χ1) is 8.56. The molecule has 2 aromatic rings. The summed E-state index contributed by atoms with van der Waals surface area (Å²) in [5.74, 6) is -1.12. The van der Waals surface area contributed by atoms with Gasteiger partial charge in [0.25, 0.3) is 0 Å². The van der Waals surface area contributed by atoms with Crippen molar-refractivity contribution in [1.29, 1.82) is 0 Å². The van der Waals surface area contributed by atoms with E-state index in [0.29, 0.717) is 10.6 Å². The monoisotopic (exact) mass is 265 g/mol. The molecule has 0 radical (unpaired) electrons. The SMILES string of the molecule is NC(=O)Cc1nc(C(=O)c2ccc(Cl)cc2)no1. The summed E-state index contributed by atoms with van der Waals surface area (Å²) >= 11 is 5.71. The molecule has 1 amide bonds. The van der Waals surface area contributed by atoms with Crippen molar-refractivity contribution >= 4 is 23.3 Å². The maximum Gasteiger partial charge on any atom is 0.243 e. The van der Waals surface area contributed by atoms with E-state index in [-0.39, 0.29) is 18.1 Å². The lowest BCUT2D eigenvalue weighted by Gasteiger charge is -1.95. The number of hydrogen-bond acceptors (Lipinski definition) is 5. The Morgan fingerprint density at radius 1 is 1.28 bits per heavy atom. The Kier molecular flexibility index (Phi) is 3.38. The van der Waals surface area contributed by atoms with Gasteiger partial charge in [-0.05, 0) is 24.3 Å². The van der Waals surface area contributed by atoms with Gasteiger partial charge in [0.05, 0.1) is 0 Å². The van der Waals surface area contributed by atoms with Crippen LogP contribution in [0.15, 0.2) is 28.8 Å². The zero-order chi connectivity index (χ0) is 13.1. The highest BCUT2D eigenvalue weighted by Crippen LogP contribution is 2.12. The highest BCUT2D eigenvalue weighted by Gasteiger charge is 2.17. The highest BCUT2D eigenvalue weighted by atomic mass is 35.5. The fraction of sp³-hybridized carbons (Fsp3) is 0.0909. The Labute approximate surface area is 107 Å². The normalized spacial score (nSPS) is 10.3. The second kappa shape index (κ2) is 4.97. The van der Waals surface area contributed by atoms with Crippen LogP contribution in [-0.4, -0.2) is 21.8 Å². The van der Waals surface area contributed by atoms with E-state index in [0.717, 1.165) is 0 Å². The van der Waals surface area contributed by atoms with Gasteiger partial charge in [-0.1, -0.05) is 16.8 Å². The van der Waals surface area contributed by atoms with Gasteiger partial charge in [-0.25, -0.2) is 0 Å². The molecule has 0 aliphatic carbocycles. The third-order valence-corrected chi connectivity index (χ3v) is 2.36. The summed E-state index contributed by atoms with van der Waals surface area (Å²) in [7, 11) is 0. The number of primary amides is 1. The molecule has 2 rings (SSSR count). The minimum Gasteiger partial charge on any atom is -0.369 e. The quantitative estimate of drug-likeness (QED) is 0.831. The standard InChI is InChI=1S/C11H8ClN3O3/c12-7-3-1-6(2-4-7)10(17)11-14-9(18-15-11)5-8(13)16/h1-4H,5H2,(H2,13,16). The lowest BCUT2D eigenvalue weighted by molar-refractivity contribution is -0.117. The summed E-state index contributed by atoms with van der Waals surface area (Å²) in [5, 5.41) is 4.01. The molecule has 0 saturated heterocycles. The Morgan fingerprint density at radius 3 is 2.56 bits per heavy atom. The Morgan fingerprint density at radius 2 is 1.94 bits per heavy atom. The van der Waals surface area contributed by atoms with Crippen LogP contribution in [0.4, 0.5) is 0 Å². The van der Waals surface area contributed by atoms with Crippen LogP contribution in [0.5, 0.6) is 0 Å². The first-order valence-corrected chi connectivity index (χ1v) is 5.35. The van der Waals surface area contributed by atoms with Crippen LogP contribution in [0.1, 0.15) is 22.1 Å². The van der Waals surface area contributed by atoms with E-state index >= 15 is 0 Å². The molecule has 0 fully saturated rings. The maximum absolute atomic E-state index is 11.9. The number of hydrogen-bond donors (Lipinski definition) is 1. The fourth-order valence-corrected chi connectivity index (χ4v) is 1.42. The van der Waals surface area contributed by atoms with Crippen molar-refractivity contribution < 1.29 is 14.1 Å². The fourth-order valence-electron chi connectivity index (χ4n) is 1.30. The molecule has 0 bridgehead atoms. The van der Waals surface area contributed by atoms with E-state index in [9.17, 15) is 9.59 Å². The van der Waals surface area contributed by atoms with Crippen LogP contribution in [0.3, 0.4) is 0 Å². The molecule has 1 aromatic carbocycles. The van der Waals surface area contributed by atoms with Crippen molar-refractivity contribution in [3.8, 4) is 0 Å². The van der Waals surface area contributed by atoms with Crippen LogP contribution in [0.2, 0.25) is 5.02 Å². The molecule has 0 saturated carbocycles. The van der Waals surface area contributed by atoms with Crippen LogP contribution in [0.25, 0.3) is 0 Å². The molecule has 1 aromatic heterocycles. The molecular formula is C11H8ClN3O3. The van der Waals surface area contributed by atoms with Gasteiger partial charge in [-0.2, -0.15) is 4.98 Å². The molecule has 0 spiro atoms. The van der Waals surface area contributed by atoms with Crippen molar-refractivity contribution in [2.24, 2.45) is 5.73 Å². The smallest absolute Gasteiger partial charge is 0.243 e. The second-order valence-electron chi connectivity index (χ2n) is 3.49. The first kappa shape index (κ1) is 12.3. The number of rotatable bonds is 4. The van der Waals surface area contributed by atoms with Crippen LogP contribution in [-0.2, 0) is 11.2 Å². The lowest BCUT2D eigenvalue weighted by Crippen LogP contribution is -2.14. The molecule has 2 N–H and O–H groups in total. The molecule has 7 heteroatoms. The maximum atomic E-state index is 11.9. The van der Waals surface area contributed by atoms with Crippen molar-refractivity contribution in [3.05, 3.63) is 46.6 Å². The number of amides is 1. The minimum atomic E-state index is -0.607. The van der Waals surface area contributed by atoms with Gasteiger partial charge in [0.1, 0.15) is 6.42 Å². The largest absolute Gasteiger partial charge is 0.369 e. The van der Waals surface area contributed by atoms with E-state index in [2.05, 4.69) is 10.1 Å². The molecule has 0 atom stereocenters. The van der Waals surface area contributed by atoms with Crippen molar-refractivity contribution in [2.45, 2.75) is 6.42 Å². The van der Waals surface area contributed by atoms with Crippen molar-refractivity contribution in [2.75, 3.05) is 0 Å². The first-order valence-electron chi connectivity index (χ1n) is 4.97. The van der Waals surface area contributed by atoms with Crippen molar-refractivity contribution in [1.82, 2.24) is 10.1 Å². The molecule has 1 heterocycles. The van der Waals surface area contributed by atoms with Gasteiger partial charge in [-0.3, -0.25) is 9.59 Å². The summed E-state index contributed by atoms with van der Waals surface area (Å²) in [6, 6.07) is 6.27. The summed E-state index contributed by atoms with van der Waals surface area (Å²) < 4.78 is 4.73. The van der Waals surface area contributed by atoms with Gasteiger partial charge in [0.15, 0.2) is 0 Å². The number of nitrogens with two attached hydrogens (primary N) is 1. The van der Waals surface area contributed by atoms with Gasteiger partial charge in [0, 0.05) is 10.6 Å². The number of ketones is 1. The highest BCUT2D eigenvalue weighted by molar-refractivity contribution is 6.30. The summed E-state index contributed by atoms with van der Waals surface area (Å²) in [6.07, 6.45) is -0.194. The molecule has 0 aliphatic heterocycles. The molecule has 0 unspecified atom stereocenters. The molecule has 6 nitrogen and oxygen atoms in total. The van der Waals surface area contributed by atoms with Gasteiger partial charge in [-0.15, -0.1) is 0 Å². The van der Waals surface area contributed by atoms with Crippen LogP contribution < -0.4 is 5.73 Å². The molecule has 92 valence electrons. The number of aromatic nitrogens is 2. The molecular weight excluding hydrogens is 258 g/mol. The zero-order valence-corrected chi connectivity index (χ0v) is 9.85. The predicted octanol–water partition coefficient (Wildman–Crippen LogP) is 0.982. The van der Waals surface area contributed by atoms with Gasteiger partial charge < -0.3 is 10.3 Å². The third-order valence-electron chi connectivity index (χ3n) is 2.10. The van der Waals surface area contributed by atoms with E-state index in [1.165, 1.54) is 0 Å². The van der Waals surface area contributed by atoms with E-state index < -0.39 is 11.7 Å². The van der Waals surface area contributed by atoms with E-state index in [4.69, 9.17) is 21.9 Å². The number of nitrogens with zero attached hydrogens (tertiary/aromatic N) is 2. The second-order valence-corrected chi connectivity index (χ2v) is 3.93. The summed E-state index contributed by atoms with van der Waals surface area (Å²) in [5.41, 5.74) is 5.35. The molecule has 18 heavy (non-hydrogen) atoms. The topological polar surface area (TPSA) is 99.1 Å². The Hall–Kier alpha value is -2.21. The van der Waals surface area contributed by atoms with E-state index in [1.54, 1.807) is 24.3 Å². The average molecular weight is 266 g/mol. The summed E-state index contributed by atoms with van der Waals surface area (Å²) in [6.45, 7) is 0. The van der Waals surface area contributed by atoms with Gasteiger partial charge in [0.2, 0.25) is 23.4 Å². The number of carbonyl (C=O) groups excluding carboxylic acids is 2. The Balaban J connectivity index is 2.21. The van der Waals surface area contributed by atoms with Crippen LogP contribution in [0, 0.1) is 0 Å². The van der Waals surface area contributed by atoms with E-state index in [1.807, 2.05) is 0 Å².